The molecule has 0 aromatic carbocycles. The molecule has 0 saturated heterocycles. The lowest BCUT2D eigenvalue weighted by atomic mass is 10.3. The summed E-state index contributed by atoms with van der Waals surface area (Å²) in [6.45, 7) is 3.47. The van der Waals surface area contributed by atoms with E-state index in [4.69, 9.17) is 9.52 Å². The third-order valence-corrected chi connectivity index (χ3v) is 1.95. The van der Waals surface area contributed by atoms with Gasteiger partial charge in [-0.1, -0.05) is 0 Å². The third kappa shape index (κ3) is 2.83. The molecule has 5 heteroatoms. The van der Waals surface area contributed by atoms with Crippen molar-refractivity contribution < 1.29 is 19.1 Å². The van der Waals surface area contributed by atoms with Crippen molar-refractivity contribution in [1.29, 1.82) is 0 Å². The van der Waals surface area contributed by atoms with E-state index in [1.807, 2.05) is 0 Å². The van der Waals surface area contributed by atoms with Crippen LogP contribution in [0.2, 0.25) is 0 Å². The Morgan fingerprint density at radius 2 is 2.13 bits per heavy atom. The zero-order chi connectivity index (χ0) is 11.4. The number of hydrogen-bond donors (Lipinski definition) is 1. The zero-order valence-electron chi connectivity index (χ0n) is 8.69. The number of aliphatic carboxylic acids is 1. The number of furan rings is 1. The van der Waals surface area contributed by atoms with Gasteiger partial charge in [0.2, 0.25) is 0 Å². The van der Waals surface area contributed by atoms with Crippen LogP contribution in [0.25, 0.3) is 0 Å². The molecule has 1 N–H and O–H groups in total. The Hall–Kier alpha value is -1.78. The molecule has 0 aliphatic heterocycles. The Balaban J connectivity index is 2.77. The van der Waals surface area contributed by atoms with Gasteiger partial charge in [0.1, 0.15) is 12.3 Å². The lowest BCUT2D eigenvalue weighted by Gasteiger charge is -2.16. The van der Waals surface area contributed by atoms with Crippen molar-refractivity contribution in [2.75, 3.05) is 13.1 Å². The summed E-state index contributed by atoms with van der Waals surface area (Å²) in [5, 5.41) is 8.59. The topological polar surface area (TPSA) is 70.8 Å². The lowest BCUT2D eigenvalue weighted by Crippen LogP contribution is -2.35. The standard InChI is InChI=1S/C10H13NO4/c1-3-11(6-9(12)13)10(14)8-5-4-7(2)15-8/h4-5H,3,6H2,1-2H3,(H,12,13). The summed E-state index contributed by atoms with van der Waals surface area (Å²) in [6.07, 6.45) is 0. The SMILES string of the molecule is CCN(CC(=O)O)C(=O)c1ccc(C)o1. The molecular formula is C10H13NO4. The predicted molar refractivity (Wildman–Crippen MR) is 52.7 cm³/mol. The molecule has 0 fully saturated rings. The van der Waals surface area contributed by atoms with Gasteiger partial charge in [0.15, 0.2) is 5.76 Å². The molecular weight excluding hydrogens is 198 g/mol. The minimum Gasteiger partial charge on any atom is -0.480 e. The first-order valence-corrected chi connectivity index (χ1v) is 4.62. The van der Waals surface area contributed by atoms with Crippen LogP contribution in [0.15, 0.2) is 16.5 Å². The smallest absolute Gasteiger partial charge is 0.323 e. The summed E-state index contributed by atoms with van der Waals surface area (Å²) >= 11 is 0. The molecule has 5 nitrogen and oxygen atoms in total. The highest BCUT2D eigenvalue weighted by atomic mass is 16.4. The Morgan fingerprint density at radius 1 is 1.47 bits per heavy atom. The lowest BCUT2D eigenvalue weighted by molar-refractivity contribution is -0.137. The number of carboxylic acid groups (broad SMARTS) is 1. The van der Waals surface area contributed by atoms with Crippen LogP contribution in [0.1, 0.15) is 23.2 Å². The highest BCUT2D eigenvalue weighted by molar-refractivity contribution is 5.93. The molecule has 1 rings (SSSR count). The van der Waals surface area contributed by atoms with Gasteiger partial charge < -0.3 is 14.4 Å². The largest absolute Gasteiger partial charge is 0.480 e. The van der Waals surface area contributed by atoms with Gasteiger partial charge in [-0.15, -0.1) is 0 Å². The van der Waals surface area contributed by atoms with Gasteiger partial charge in [0, 0.05) is 6.54 Å². The van der Waals surface area contributed by atoms with Gasteiger partial charge in [-0.25, -0.2) is 0 Å². The summed E-state index contributed by atoms with van der Waals surface area (Å²) in [4.78, 5) is 23.4. The van der Waals surface area contributed by atoms with Crippen molar-refractivity contribution in [3.8, 4) is 0 Å². The second-order valence-corrected chi connectivity index (χ2v) is 3.12. The Kier molecular flexibility index (Phi) is 3.49. The van der Waals surface area contributed by atoms with E-state index in [0.717, 1.165) is 0 Å². The Bertz CT molecular complexity index is 369. The van der Waals surface area contributed by atoms with E-state index in [-0.39, 0.29) is 12.3 Å². The van der Waals surface area contributed by atoms with Crippen molar-refractivity contribution in [1.82, 2.24) is 4.90 Å². The fourth-order valence-corrected chi connectivity index (χ4v) is 1.20. The first kappa shape index (κ1) is 11.3. The van der Waals surface area contributed by atoms with E-state index >= 15 is 0 Å². The van der Waals surface area contributed by atoms with Crippen molar-refractivity contribution in [2.24, 2.45) is 0 Å². The molecule has 0 saturated carbocycles. The fourth-order valence-electron chi connectivity index (χ4n) is 1.20. The van der Waals surface area contributed by atoms with E-state index in [2.05, 4.69) is 0 Å². The molecule has 1 amide bonds. The number of nitrogens with zero attached hydrogens (tertiary/aromatic N) is 1. The molecule has 0 spiro atoms. The van der Waals surface area contributed by atoms with Gasteiger partial charge in [-0.05, 0) is 26.0 Å². The van der Waals surface area contributed by atoms with Crippen LogP contribution >= 0.6 is 0 Å². The molecule has 1 heterocycles. The van der Waals surface area contributed by atoms with Crippen molar-refractivity contribution in [3.63, 3.8) is 0 Å². The normalized spacial score (nSPS) is 10.0. The van der Waals surface area contributed by atoms with Crippen LogP contribution in [0.4, 0.5) is 0 Å². The average Bonchev–Trinajstić information content (AvgIpc) is 2.60. The molecule has 15 heavy (non-hydrogen) atoms. The van der Waals surface area contributed by atoms with Crippen molar-refractivity contribution in [2.45, 2.75) is 13.8 Å². The van der Waals surface area contributed by atoms with Crippen molar-refractivity contribution in [3.05, 3.63) is 23.7 Å². The van der Waals surface area contributed by atoms with Crippen LogP contribution < -0.4 is 0 Å². The number of carboxylic acids is 1. The minimum absolute atomic E-state index is 0.176. The van der Waals surface area contributed by atoms with Crippen LogP contribution in [0.5, 0.6) is 0 Å². The van der Waals surface area contributed by atoms with E-state index < -0.39 is 11.9 Å². The second kappa shape index (κ2) is 4.63. The zero-order valence-corrected chi connectivity index (χ0v) is 8.69. The van der Waals surface area contributed by atoms with Gasteiger partial charge >= 0.3 is 5.97 Å². The van der Waals surface area contributed by atoms with Crippen molar-refractivity contribution >= 4 is 11.9 Å². The quantitative estimate of drug-likeness (QED) is 0.810. The Labute approximate surface area is 87.3 Å². The maximum Gasteiger partial charge on any atom is 0.323 e. The van der Waals surface area contributed by atoms with E-state index in [0.29, 0.717) is 12.3 Å². The first-order chi connectivity index (χ1) is 7.04. The molecule has 0 bridgehead atoms. The predicted octanol–water partition coefficient (Wildman–Crippen LogP) is 1.13. The van der Waals surface area contributed by atoms with Crippen LogP contribution in [-0.2, 0) is 4.79 Å². The molecule has 0 radical (unpaired) electrons. The molecule has 0 aliphatic carbocycles. The van der Waals surface area contributed by atoms with Gasteiger partial charge in [0.25, 0.3) is 5.91 Å². The molecule has 82 valence electrons. The number of carbonyl (C=O) groups excluding carboxylic acids is 1. The maximum atomic E-state index is 11.7. The average molecular weight is 211 g/mol. The number of hydrogen-bond acceptors (Lipinski definition) is 3. The molecule has 0 unspecified atom stereocenters. The van der Waals surface area contributed by atoms with Crippen LogP contribution in [0.3, 0.4) is 0 Å². The van der Waals surface area contributed by atoms with E-state index in [1.165, 1.54) is 4.90 Å². The van der Waals surface area contributed by atoms with Gasteiger partial charge in [-0.3, -0.25) is 9.59 Å². The molecule has 0 aliphatic rings. The van der Waals surface area contributed by atoms with E-state index in [9.17, 15) is 9.59 Å². The summed E-state index contributed by atoms with van der Waals surface area (Å²) < 4.78 is 5.13. The van der Waals surface area contributed by atoms with Gasteiger partial charge in [-0.2, -0.15) is 0 Å². The Morgan fingerprint density at radius 3 is 2.53 bits per heavy atom. The molecule has 1 aromatic rings. The summed E-state index contributed by atoms with van der Waals surface area (Å²) in [5.74, 6) is -0.623. The highest BCUT2D eigenvalue weighted by Gasteiger charge is 2.19. The third-order valence-electron chi connectivity index (χ3n) is 1.95. The summed E-state index contributed by atoms with van der Waals surface area (Å²) in [6, 6.07) is 3.21. The number of amides is 1. The molecule has 1 aromatic heterocycles. The summed E-state index contributed by atoms with van der Waals surface area (Å²) in [5.41, 5.74) is 0. The molecule has 0 atom stereocenters. The second-order valence-electron chi connectivity index (χ2n) is 3.12. The van der Waals surface area contributed by atoms with Gasteiger partial charge in [0.05, 0.1) is 0 Å². The fraction of sp³-hybridized carbons (Fsp3) is 0.400. The monoisotopic (exact) mass is 211 g/mol. The van der Waals surface area contributed by atoms with E-state index in [1.54, 1.807) is 26.0 Å². The number of rotatable bonds is 4. The highest BCUT2D eigenvalue weighted by Crippen LogP contribution is 2.09. The van der Waals surface area contributed by atoms with Crippen LogP contribution in [-0.4, -0.2) is 35.0 Å². The first-order valence-electron chi connectivity index (χ1n) is 4.62. The number of likely N-dealkylation sites (N-methyl/N-ethyl adjacent to an activating group) is 1. The maximum absolute atomic E-state index is 11.7. The number of aryl methyl sites for hydroxylation is 1. The summed E-state index contributed by atoms with van der Waals surface area (Å²) in [7, 11) is 0. The number of carbonyl (C=O) groups is 2. The van der Waals surface area contributed by atoms with Crippen LogP contribution in [0, 0.1) is 6.92 Å². The minimum atomic E-state index is -1.03.